The molecule has 0 unspecified atom stereocenters. The molecule has 150 valence electrons. The molecule has 4 rings (SSSR count). The molecule has 0 aliphatic carbocycles. The Balaban J connectivity index is 1.65. The van der Waals surface area contributed by atoms with E-state index < -0.39 is 0 Å². The Bertz CT molecular complexity index is 1000. The average molecular weight is 413 g/mol. The fourth-order valence-corrected chi connectivity index (χ4v) is 3.34. The minimum absolute atomic E-state index is 0.149. The van der Waals surface area contributed by atoms with Crippen molar-refractivity contribution in [3.8, 4) is 22.5 Å². The van der Waals surface area contributed by atoms with Crippen molar-refractivity contribution < 1.29 is 14.3 Å². The Morgan fingerprint density at radius 1 is 1.21 bits per heavy atom. The van der Waals surface area contributed by atoms with Gasteiger partial charge in [-0.1, -0.05) is 11.3 Å². The zero-order chi connectivity index (χ0) is 20.2. The third-order valence-electron chi connectivity index (χ3n) is 4.19. The maximum Gasteiger partial charge on any atom is 0.327 e. The number of morpholine rings is 1. The Morgan fingerprint density at radius 2 is 1.97 bits per heavy atom. The third-order valence-corrected chi connectivity index (χ3v) is 5.02. The monoisotopic (exact) mass is 413 g/mol. The number of ether oxygens (including phenoxy) is 2. The molecule has 0 saturated carbocycles. The molecule has 10 nitrogen and oxygen atoms in total. The van der Waals surface area contributed by atoms with Crippen LogP contribution in [0.2, 0.25) is 0 Å². The minimum Gasteiger partial charge on any atom is -0.424 e. The molecule has 29 heavy (non-hydrogen) atoms. The van der Waals surface area contributed by atoms with Gasteiger partial charge in [-0.25, -0.2) is 4.98 Å². The Labute approximate surface area is 170 Å². The number of amides is 1. The molecule has 1 fully saturated rings. The van der Waals surface area contributed by atoms with E-state index in [-0.39, 0.29) is 11.9 Å². The van der Waals surface area contributed by atoms with E-state index >= 15 is 0 Å². The van der Waals surface area contributed by atoms with Crippen LogP contribution in [-0.4, -0.2) is 59.2 Å². The highest BCUT2D eigenvalue weighted by molar-refractivity contribution is 7.18. The molecule has 1 saturated heterocycles. The fourth-order valence-electron chi connectivity index (χ4n) is 2.72. The number of nitrogens with one attached hydrogen (secondary N) is 1. The predicted octanol–water partition coefficient (Wildman–Crippen LogP) is 1.57. The van der Waals surface area contributed by atoms with Crippen LogP contribution in [0.3, 0.4) is 0 Å². The van der Waals surface area contributed by atoms with E-state index in [2.05, 4.69) is 25.3 Å². The molecular formula is C18H19N7O3S. The molecular weight excluding hydrogens is 394 g/mol. The molecule has 1 aromatic carbocycles. The number of hydrogen-bond acceptors (Lipinski definition) is 10. The van der Waals surface area contributed by atoms with Gasteiger partial charge in [-0.3, -0.25) is 4.79 Å². The van der Waals surface area contributed by atoms with Crippen molar-refractivity contribution in [1.29, 1.82) is 0 Å². The van der Waals surface area contributed by atoms with Crippen LogP contribution < -0.4 is 20.7 Å². The van der Waals surface area contributed by atoms with Crippen LogP contribution >= 0.6 is 11.3 Å². The molecule has 0 spiro atoms. The third kappa shape index (κ3) is 4.41. The number of carbonyl (C=O) groups is 1. The van der Waals surface area contributed by atoms with Crippen LogP contribution in [0.1, 0.15) is 10.4 Å². The SMILES string of the molecule is CNC(=O)c1ccc(Oc2nc(-c3cnc(N)s3)nc(N3CCOCC3)n2)cc1. The minimum atomic E-state index is -0.170. The topological polar surface area (TPSA) is 128 Å². The van der Waals surface area contributed by atoms with Crippen LogP contribution in [0.25, 0.3) is 10.7 Å². The lowest BCUT2D eigenvalue weighted by atomic mass is 10.2. The van der Waals surface area contributed by atoms with E-state index in [1.807, 2.05) is 4.90 Å². The molecule has 3 heterocycles. The number of nitrogen functional groups attached to an aromatic ring is 1. The molecule has 1 amide bonds. The molecule has 3 aromatic rings. The summed E-state index contributed by atoms with van der Waals surface area (Å²) < 4.78 is 11.3. The maximum absolute atomic E-state index is 11.7. The second-order valence-corrected chi connectivity index (χ2v) is 7.17. The summed E-state index contributed by atoms with van der Waals surface area (Å²) in [6.45, 7) is 2.56. The Hall–Kier alpha value is -3.31. The largest absolute Gasteiger partial charge is 0.424 e. The van der Waals surface area contributed by atoms with Gasteiger partial charge in [0.1, 0.15) is 5.75 Å². The van der Waals surface area contributed by atoms with Crippen molar-refractivity contribution in [3.63, 3.8) is 0 Å². The van der Waals surface area contributed by atoms with E-state index in [1.54, 1.807) is 37.5 Å². The molecule has 0 atom stereocenters. The van der Waals surface area contributed by atoms with Gasteiger partial charge < -0.3 is 25.4 Å². The molecule has 2 aromatic heterocycles. The lowest BCUT2D eigenvalue weighted by molar-refractivity contribution is 0.0963. The quantitative estimate of drug-likeness (QED) is 0.640. The van der Waals surface area contributed by atoms with E-state index in [9.17, 15) is 4.79 Å². The first-order valence-electron chi connectivity index (χ1n) is 8.93. The van der Waals surface area contributed by atoms with Crippen molar-refractivity contribution in [2.75, 3.05) is 44.0 Å². The van der Waals surface area contributed by atoms with Gasteiger partial charge in [0.2, 0.25) is 5.95 Å². The van der Waals surface area contributed by atoms with Gasteiger partial charge in [-0.2, -0.15) is 15.0 Å². The van der Waals surface area contributed by atoms with Crippen molar-refractivity contribution >= 4 is 28.3 Å². The zero-order valence-electron chi connectivity index (χ0n) is 15.7. The average Bonchev–Trinajstić information content (AvgIpc) is 3.20. The van der Waals surface area contributed by atoms with Crippen LogP contribution in [0.4, 0.5) is 11.1 Å². The second kappa shape index (κ2) is 8.37. The lowest BCUT2D eigenvalue weighted by Crippen LogP contribution is -2.37. The molecule has 1 aliphatic heterocycles. The van der Waals surface area contributed by atoms with Crippen molar-refractivity contribution in [1.82, 2.24) is 25.3 Å². The van der Waals surface area contributed by atoms with Gasteiger partial charge in [0.15, 0.2) is 11.0 Å². The number of rotatable bonds is 5. The second-order valence-electron chi connectivity index (χ2n) is 6.11. The van der Waals surface area contributed by atoms with E-state index in [0.29, 0.717) is 54.5 Å². The number of hydrogen-bond donors (Lipinski definition) is 2. The summed E-state index contributed by atoms with van der Waals surface area (Å²) in [5, 5.41) is 3.01. The van der Waals surface area contributed by atoms with E-state index in [0.717, 1.165) is 4.88 Å². The van der Waals surface area contributed by atoms with Crippen molar-refractivity contribution in [2.45, 2.75) is 0 Å². The van der Waals surface area contributed by atoms with Gasteiger partial charge >= 0.3 is 6.01 Å². The number of anilines is 2. The van der Waals surface area contributed by atoms with Gasteiger partial charge in [0, 0.05) is 25.7 Å². The van der Waals surface area contributed by atoms with Crippen molar-refractivity contribution in [2.24, 2.45) is 0 Å². The highest BCUT2D eigenvalue weighted by Crippen LogP contribution is 2.28. The summed E-state index contributed by atoms with van der Waals surface area (Å²) in [4.78, 5) is 31.9. The summed E-state index contributed by atoms with van der Waals surface area (Å²) in [7, 11) is 1.58. The first-order valence-corrected chi connectivity index (χ1v) is 9.74. The number of nitrogens with zero attached hydrogens (tertiary/aromatic N) is 5. The first-order chi connectivity index (χ1) is 14.1. The van der Waals surface area contributed by atoms with E-state index in [4.69, 9.17) is 15.2 Å². The van der Waals surface area contributed by atoms with Crippen LogP contribution in [-0.2, 0) is 4.74 Å². The standard InChI is InChI=1S/C18H19N7O3S/c1-20-15(26)11-2-4-12(5-3-11)28-18-23-14(13-10-21-16(19)29-13)22-17(24-18)25-6-8-27-9-7-25/h2-5,10H,6-9H2,1H3,(H2,19,21)(H,20,26). The number of benzene rings is 1. The van der Waals surface area contributed by atoms with Crippen molar-refractivity contribution in [3.05, 3.63) is 36.0 Å². The fraction of sp³-hybridized carbons (Fsp3) is 0.278. The maximum atomic E-state index is 11.7. The summed E-state index contributed by atoms with van der Waals surface area (Å²) >= 11 is 1.29. The van der Waals surface area contributed by atoms with E-state index in [1.165, 1.54) is 11.3 Å². The number of thiazole rings is 1. The summed E-state index contributed by atoms with van der Waals surface area (Å²) in [5.74, 6) is 1.28. The number of carbonyl (C=O) groups excluding carboxylic acids is 1. The predicted molar refractivity (Wildman–Crippen MR) is 108 cm³/mol. The highest BCUT2D eigenvalue weighted by atomic mass is 32.1. The van der Waals surface area contributed by atoms with Crippen LogP contribution in [0.15, 0.2) is 30.5 Å². The molecule has 3 N–H and O–H groups in total. The van der Waals surface area contributed by atoms with Crippen LogP contribution in [0.5, 0.6) is 11.8 Å². The summed E-state index contributed by atoms with van der Waals surface area (Å²) in [6.07, 6.45) is 1.63. The number of nitrogens with two attached hydrogens (primary N) is 1. The van der Waals surface area contributed by atoms with Gasteiger partial charge in [0.05, 0.1) is 24.3 Å². The van der Waals surface area contributed by atoms with Gasteiger partial charge in [-0.05, 0) is 24.3 Å². The Kier molecular flexibility index (Phi) is 5.49. The summed E-state index contributed by atoms with van der Waals surface area (Å²) in [6, 6.07) is 6.86. The molecule has 11 heteroatoms. The lowest BCUT2D eigenvalue weighted by Gasteiger charge is -2.26. The summed E-state index contributed by atoms with van der Waals surface area (Å²) in [5.41, 5.74) is 6.29. The zero-order valence-corrected chi connectivity index (χ0v) is 16.5. The first kappa shape index (κ1) is 19.0. The number of aromatic nitrogens is 4. The highest BCUT2D eigenvalue weighted by Gasteiger charge is 2.19. The van der Waals surface area contributed by atoms with Gasteiger partial charge in [0.25, 0.3) is 5.91 Å². The Morgan fingerprint density at radius 3 is 2.62 bits per heavy atom. The van der Waals surface area contributed by atoms with Crippen LogP contribution in [0, 0.1) is 0 Å². The molecule has 1 aliphatic rings. The molecule has 0 radical (unpaired) electrons. The normalized spacial score (nSPS) is 13.9. The smallest absolute Gasteiger partial charge is 0.327 e. The molecule has 0 bridgehead atoms. The van der Waals surface area contributed by atoms with Gasteiger partial charge in [-0.15, -0.1) is 0 Å².